The van der Waals surface area contributed by atoms with Gasteiger partial charge in [-0.25, -0.2) is 4.79 Å². The minimum absolute atomic E-state index is 0.0904. The van der Waals surface area contributed by atoms with Crippen molar-refractivity contribution in [2.45, 2.75) is 45.6 Å². The lowest BCUT2D eigenvalue weighted by Crippen LogP contribution is -2.43. The molecule has 2 aromatic rings. The average Bonchev–Trinajstić information content (AvgIpc) is 2.68. The van der Waals surface area contributed by atoms with Gasteiger partial charge in [0.25, 0.3) is 16.0 Å². The number of ether oxygens (including phenoxy) is 1. The van der Waals surface area contributed by atoms with E-state index >= 15 is 0 Å². The Hall–Kier alpha value is -2.45. The third-order valence-corrected chi connectivity index (χ3v) is 5.33. The number of hydrogen-bond acceptors (Lipinski definition) is 5. The summed E-state index contributed by atoms with van der Waals surface area (Å²) in [6, 6.07) is 10.1. The zero-order valence-corrected chi connectivity index (χ0v) is 17.5. The van der Waals surface area contributed by atoms with Crippen molar-refractivity contribution in [3.8, 4) is 0 Å². The van der Waals surface area contributed by atoms with Crippen LogP contribution in [0.3, 0.4) is 0 Å². The Morgan fingerprint density at radius 2 is 1.86 bits per heavy atom. The molecule has 0 unspecified atom stereocenters. The zero-order valence-electron chi connectivity index (χ0n) is 16.7. The molecule has 8 heteroatoms. The Balaban J connectivity index is 2.38. The average molecular weight is 422 g/mol. The standard InChI is InChI=1S/C21H27NO6S/c1-3-5-8-16-12-11-15-9-6-7-10-17(15)19(16)20(23)22-18(21(24)28-4-2)13-14-29(25,26)27/h6-7,9-12,18H,3-5,8,13-14H2,1-2H3,(H,22,23)(H,25,26,27)/t18-/m0/s1. The van der Waals surface area contributed by atoms with Gasteiger partial charge in [0.2, 0.25) is 0 Å². The Kier molecular flexibility index (Phi) is 8.16. The van der Waals surface area contributed by atoms with Crippen molar-refractivity contribution in [1.29, 1.82) is 0 Å². The lowest BCUT2D eigenvalue weighted by molar-refractivity contribution is -0.145. The van der Waals surface area contributed by atoms with Crippen LogP contribution in [0.1, 0.15) is 49.0 Å². The van der Waals surface area contributed by atoms with Crippen molar-refractivity contribution in [2.24, 2.45) is 0 Å². The van der Waals surface area contributed by atoms with Gasteiger partial charge in [0.1, 0.15) is 6.04 Å². The van der Waals surface area contributed by atoms with Crippen LogP contribution in [0.4, 0.5) is 0 Å². The number of aryl methyl sites for hydroxylation is 1. The third kappa shape index (κ3) is 6.54. The minimum atomic E-state index is -4.28. The second-order valence-corrected chi connectivity index (χ2v) is 8.35. The molecule has 0 radical (unpaired) electrons. The van der Waals surface area contributed by atoms with Gasteiger partial charge >= 0.3 is 5.97 Å². The molecule has 0 aliphatic rings. The second-order valence-electron chi connectivity index (χ2n) is 6.78. The van der Waals surface area contributed by atoms with E-state index in [0.717, 1.165) is 29.2 Å². The maximum Gasteiger partial charge on any atom is 0.328 e. The summed E-state index contributed by atoms with van der Waals surface area (Å²) in [4.78, 5) is 25.4. The molecule has 158 valence electrons. The molecule has 2 rings (SSSR count). The van der Waals surface area contributed by atoms with E-state index in [4.69, 9.17) is 9.29 Å². The molecule has 1 amide bonds. The lowest BCUT2D eigenvalue weighted by Gasteiger charge is -2.19. The summed E-state index contributed by atoms with van der Waals surface area (Å²) < 4.78 is 36.2. The van der Waals surface area contributed by atoms with Gasteiger partial charge in [-0.15, -0.1) is 0 Å². The molecule has 0 saturated carbocycles. The van der Waals surface area contributed by atoms with E-state index in [-0.39, 0.29) is 13.0 Å². The quantitative estimate of drug-likeness (QED) is 0.451. The first-order chi connectivity index (χ1) is 13.8. The van der Waals surface area contributed by atoms with Crippen molar-refractivity contribution in [1.82, 2.24) is 5.32 Å². The summed E-state index contributed by atoms with van der Waals surface area (Å²) >= 11 is 0. The van der Waals surface area contributed by atoms with E-state index in [0.29, 0.717) is 12.0 Å². The fourth-order valence-electron chi connectivity index (χ4n) is 3.15. The molecule has 2 aromatic carbocycles. The molecular formula is C21H27NO6S. The summed E-state index contributed by atoms with van der Waals surface area (Å²) in [5, 5.41) is 4.26. The van der Waals surface area contributed by atoms with Crippen molar-refractivity contribution in [3.63, 3.8) is 0 Å². The molecule has 0 aliphatic carbocycles. The van der Waals surface area contributed by atoms with E-state index in [1.807, 2.05) is 36.4 Å². The van der Waals surface area contributed by atoms with E-state index in [1.54, 1.807) is 6.92 Å². The number of unbranched alkanes of at least 4 members (excludes halogenated alkanes) is 1. The van der Waals surface area contributed by atoms with E-state index < -0.39 is 33.8 Å². The molecule has 0 fully saturated rings. The maximum absolute atomic E-state index is 13.2. The van der Waals surface area contributed by atoms with Crippen LogP contribution in [0.25, 0.3) is 10.8 Å². The summed E-state index contributed by atoms with van der Waals surface area (Å²) in [5.41, 5.74) is 1.33. The smallest absolute Gasteiger partial charge is 0.328 e. The predicted molar refractivity (Wildman–Crippen MR) is 111 cm³/mol. The molecule has 0 bridgehead atoms. The molecule has 0 aromatic heterocycles. The number of carbonyl (C=O) groups excluding carboxylic acids is 2. The number of hydrogen-bond donors (Lipinski definition) is 2. The number of esters is 1. The largest absolute Gasteiger partial charge is 0.464 e. The van der Waals surface area contributed by atoms with Crippen molar-refractivity contribution < 1.29 is 27.3 Å². The topological polar surface area (TPSA) is 110 Å². The van der Waals surface area contributed by atoms with Gasteiger partial charge < -0.3 is 10.1 Å². The first-order valence-electron chi connectivity index (χ1n) is 9.70. The number of rotatable bonds is 10. The highest BCUT2D eigenvalue weighted by Gasteiger charge is 2.26. The molecule has 29 heavy (non-hydrogen) atoms. The first-order valence-corrected chi connectivity index (χ1v) is 11.3. The number of carbonyl (C=O) groups is 2. The van der Waals surface area contributed by atoms with Crippen LogP contribution in [-0.4, -0.2) is 43.2 Å². The van der Waals surface area contributed by atoms with Crippen molar-refractivity contribution in [3.05, 3.63) is 47.5 Å². The van der Waals surface area contributed by atoms with Crippen LogP contribution in [0, 0.1) is 0 Å². The van der Waals surface area contributed by atoms with Crippen LogP contribution in [-0.2, 0) is 26.1 Å². The monoisotopic (exact) mass is 421 g/mol. The molecule has 0 spiro atoms. The molecule has 1 atom stereocenters. The van der Waals surface area contributed by atoms with Crippen LogP contribution < -0.4 is 5.32 Å². The second kappa shape index (κ2) is 10.4. The molecule has 2 N–H and O–H groups in total. The van der Waals surface area contributed by atoms with Crippen LogP contribution in [0.15, 0.2) is 36.4 Å². The molecular weight excluding hydrogens is 394 g/mol. The fourth-order valence-corrected chi connectivity index (χ4v) is 3.68. The number of benzene rings is 2. The van der Waals surface area contributed by atoms with Gasteiger partial charge in [-0.3, -0.25) is 9.35 Å². The van der Waals surface area contributed by atoms with Gasteiger partial charge in [0, 0.05) is 0 Å². The zero-order chi connectivity index (χ0) is 21.4. The summed E-state index contributed by atoms with van der Waals surface area (Å²) in [6.07, 6.45) is 2.30. The van der Waals surface area contributed by atoms with Gasteiger partial charge in [-0.2, -0.15) is 8.42 Å². The van der Waals surface area contributed by atoms with Gasteiger partial charge in [0.15, 0.2) is 0 Å². The Morgan fingerprint density at radius 1 is 1.14 bits per heavy atom. The fraction of sp³-hybridized carbons (Fsp3) is 0.429. The SMILES string of the molecule is CCCCc1ccc2ccccc2c1C(=O)N[C@@H](CCS(=O)(=O)O)C(=O)OCC. The van der Waals surface area contributed by atoms with E-state index in [2.05, 4.69) is 12.2 Å². The first kappa shape index (κ1) is 22.8. The van der Waals surface area contributed by atoms with Gasteiger partial charge in [-0.05, 0) is 42.5 Å². The highest BCUT2D eigenvalue weighted by molar-refractivity contribution is 7.85. The molecule has 0 heterocycles. The van der Waals surface area contributed by atoms with E-state index in [9.17, 15) is 18.0 Å². The Bertz CT molecular complexity index is 970. The highest BCUT2D eigenvalue weighted by atomic mass is 32.2. The summed E-state index contributed by atoms with van der Waals surface area (Å²) in [7, 11) is -4.28. The predicted octanol–water partition coefficient (Wildman–Crippen LogP) is 3.12. The maximum atomic E-state index is 13.2. The molecule has 0 saturated heterocycles. The van der Waals surface area contributed by atoms with Crippen molar-refractivity contribution >= 4 is 32.8 Å². The number of nitrogens with one attached hydrogen (secondary N) is 1. The number of fused-ring (bicyclic) bond motifs is 1. The summed E-state index contributed by atoms with van der Waals surface area (Å²) in [5.74, 6) is -1.87. The lowest BCUT2D eigenvalue weighted by atomic mass is 9.95. The van der Waals surface area contributed by atoms with Crippen LogP contribution in [0.2, 0.25) is 0 Å². The molecule has 0 aliphatic heterocycles. The summed E-state index contributed by atoms with van der Waals surface area (Å²) in [6.45, 7) is 3.77. The van der Waals surface area contributed by atoms with Gasteiger partial charge in [-0.1, -0.05) is 49.7 Å². The Morgan fingerprint density at radius 3 is 2.52 bits per heavy atom. The van der Waals surface area contributed by atoms with Crippen LogP contribution >= 0.6 is 0 Å². The Labute approximate surface area is 171 Å². The normalized spacial score (nSPS) is 12.5. The van der Waals surface area contributed by atoms with E-state index in [1.165, 1.54) is 0 Å². The van der Waals surface area contributed by atoms with Crippen molar-refractivity contribution in [2.75, 3.05) is 12.4 Å². The highest BCUT2D eigenvalue weighted by Crippen LogP contribution is 2.24. The number of amides is 1. The third-order valence-electron chi connectivity index (χ3n) is 4.58. The minimum Gasteiger partial charge on any atom is -0.464 e. The van der Waals surface area contributed by atoms with Gasteiger partial charge in [0.05, 0.1) is 17.9 Å². The van der Waals surface area contributed by atoms with Crippen LogP contribution in [0.5, 0.6) is 0 Å². The molecule has 7 nitrogen and oxygen atoms in total.